The van der Waals surface area contributed by atoms with Crippen LogP contribution in [0.4, 0.5) is 0 Å². The zero-order chi connectivity index (χ0) is 24.6. The number of halogens is 1. The summed E-state index contributed by atoms with van der Waals surface area (Å²) in [6.07, 6.45) is 4.59. The summed E-state index contributed by atoms with van der Waals surface area (Å²) in [5.74, 6) is 1.24. The van der Waals surface area contributed by atoms with E-state index in [0.29, 0.717) is 11.5 Å². The molecule has 0 radical (unpaired) electrons. The van der Waals surface area contributed by atoms with Crippen molar-refractivity contribution in [2.24, 2.45) is 5.92 Å². The molecular formula is C28H29ClN4O2S. The van der Waals surface area contributed by atoms with E-state index in [1.807, 2.05) is 53.9 Å². The van der Waals surface area contributed by atoms with Gasteiger partial charge in [0.25, 0.3) is 5.91 Å². The standard InChI is InChI=1S/C28H29ClN4O2S/c1-33-13-10-21(11-14-33)35-20-7-4-17(5-8-20)25-22-16-19(6-9-24(22)31-32-25)28(34)30-26(18-2-3-18)27-23(29)12-15-36-27/h4-9,12,15-16,18,21,26H,2-3,10-11,13-14H2,1H3,(H,30,34)(H,31,32). The number of thiophene rings is 1. The Kier molecular flexibility index (Phi) is 6.46. The Morgan fingerprint density at radius 2 is 1.92 bits per heavy atom. The highest BCUT2D eigenvalue weighted by molar-refractivity contribution is 7.10. The van der Waals surface area contributed by atoms with E-state index in [1.165, 1.54) is 0 Å². The van der Waals surface area contributed by atoms with Gasteiger partial charge in [0, 0.05) is 34.5 Å². The molecule has 2 aliphatic rings. The number of likely N-dealkylation sites (tertiary alicyclic amines) is 1. The van der Waals surface area contributed by atoms with Crippen LogP contribution in [0.15, 0.2) is 53.9 Å². The maximum absolute atomic E-state index is 13.3. The second-order valence-electron chi connectivity index (χ2n) is 9.90. The number of H-pyrrole nitrogens is 1. The van der Waals surface area contributed by atoms with Gasteiger partial charge in [-0.2, -0.15) is 5.10 Å². The van der Waals surface area contributed by atoms with Crippen molar-refractivity contribution in [3.63, 3.8) is 0 Å². The van der Waals surface area contributed by atoms with E-state index in [9.17, 15) is 4.79 Å². The first-order chi connectivity index (χ1) is 17.5. The van der Waals surface area contributed by atoms with Crippen LogP contribution in [0.3, 0.4) is 0 Å². The van der Waals surface area contributed by atoms with Crippen LogP contribution in [0.5, 0.6) is 5.75 Å². The SMILES string of the molecule is CN1CCC(Oc2ccc(-c3n[nH]c4ccc(C(=O)NC(c5sccc5Cl)C5CC5)cc34)cc2)CC1. The van der Waals surface area contributed by atoms with Crippen LogP contribution < -0.4 is 10.1 Å². The molecule has 1 saturated carbocycles. The summed E-state index contributed by atoms with van der Waals surface area (Å²) in [5, 5.41) is 14.5. The van der Waals surface area contributed by atoms with Gasteiger partial charge in [0.1, 0.15) is 11.9 Å². The third-order valence-corrected chi connectivity index (χ3v) is 8.67. The molecule has 0 bridgehead atoms. The molecule has 2 N–H and O–H groups in total. The number of nitrogens with zero attached hydrogens (tertiary/aromatic N) is 2. The highest BCUT2D eigenvalue weighted by Crippen LogP contribution is 2.45. The monoisotopic (exact) mass is 520 g/mol. The predicted molar refractivity (Wildman–Crippen MR) is 145 cm³/mol. The lowest BCUT2D eigenvalue weighted by Crippen LogP contribution is -2.35. The number of aromatic nitrogens is 2. The highest BCUT2D eigenvalue weighted by atomic mass is 35.5. The number of piperidine rings is 1. The number of hydrogen-bond acceptors (Lipinski definition) is 5. The number of amides is 1. The fourth-order valence-corrected chi connectivity index (χ4v) is 6.26. The average Bonchev–Trinajstić information content (AvgIpc) is 3.51. The number of nitrogens with one attached hydrogen (secondary N) is 2. The topological polar surface area (TPSA) is 70.2 Å². The van der Waals surface area contributed by atoms with Crippen molar-refractivity contribution in [1.82, 2.24) is 20.4 Å². The van der Waals surface area contributed by atoms with Crippen molar-refractivity contribution < 1.29 is 9.53 Å². The first-order valence-corrected chi connectivity index (χ1v) is 13.8. The number of carbonyl (C=O) groups is 1. The average molecular weight is 521 g/mol. The Morgan fingerprint density at radius 3 is 2.61 bits per heavy atom. The van der Waals surface area contributed by atoms with Gasteiger partial charge in [-0.05, 0) is 92.6 Å². The number of ether oxygens (including phenoxy) is 1. The molecule has 2 fully saturated rings. The zero-order valence-electron chi connectivity index (χ0n) is 20.2. The second-order valence-corrected chi connectivity index (χ2v) is 11.3. The molecule has 3 heterocycles. The molecule has 186 valence electrons. The van der Waals surface area contributed by atoms with Gasteiger partial charge >= 0.3 is 0 Å². The molecule has 6 nitrogen and oxygen atoms in total. The fraction of sp³-hybridized carbons (Fsp3) is 0.357. The zero-order valence-corrected chi connectivity index (χ0v) is 21.7. The third kappa shape index (κ3) is 4.88. The minimum absolute atomic E-state index is 0.0402. The Bertz CT molecular complexity index is 1370. The summed E-state index contributed by atoms with van der Waals surface area (Å²) in [4.78, 5) is 16.6. The van der Waals surface area contributed by atoms with E-state index in [1.54, 1.807) is 11.3 Å². The maximum atomic E-state index is 13.3. The van der Waals surface area contributed by atoms with E-state index in [0.717, 1.165) is 76.6 Å². The molecule has 4 aromatic rings. The van der Waals surface area contributed by atoms with Crippen molar-refractivity contribution >= 4 is 39.7 Å². The van der Waals surface area contributed by atoms with Crippen molar-refractivity contribution in [2.75, 3.05) is 20.1 Å². The lowest BCUT2D eigenvalue weighted by atomic mass is 10.0. The molecule has 8 heteroatoms. The number of benzene rings is 2. The summed E-state index contributed by atoms with van der Waals surface area (Å²) < 4.78 is 6.20. The predicted octanol–water partition coefficient (Wildman–Crippen LogP) is 6.30. The summed E-state index contributed by atoms with van der Waals surface area (Å²) in [6.45, 7) is 2.14. The second kappa shape index (κ2) is 9.88. The molecule has 1 unspecified atom stereocenters. The van der Waals surface area contributed by atoms with Crippen LogP contribution >= 0.6 is 22.9 Å². The number of carbonyl (C=O) groups excluding carboxylic acids is 1. The first-order valence-electron chi connectivity index (χ1n) is 12.5. The van der Waals surface area contributed by atoms with Crippen LogP contribution in [-0.4, -0.2) is 47.2 Å². The Morgan fingerprint density at radius 1 is 1.14 bits per heavy atom. The molecule has 0 spiro atoms. The van der Waals surface area contributed by atoms with Crippen LogP contribution in [0.2, 0.25) is 5.02 Å². The molecule has 1 amide bonds. The molecule has 1 aliphatic carbocycles. The highest BCUT2D eigenvalue weighted by Gasteiger charge is 2.35. The number of aromatic amines is 1. The number of hydrogen-bond donors (Lipinski definition) is 2. The summed E-state index contributed by atoms with van der Waals surface area (Å²) in [5.41, 5.74) is 3.32. The number of fused-ring (bicyclic) bond motifs is 1. The number of rotatable bonds is 7. The van der Waals surface area contributed by atoms with E-state index in [2.05, 4.69) is 27.5 Å². The quantitative estimate of drug-likeness (QED) is 0.300. The van der Waals surface area contributed by atoms with Gasteiger partial charge in [-0.15, -0.1) is 11.3 Å². The minimum Gasteiger partial charge on any atom is -0.490 e. The van der Waals surface area contributed by atoms with Crippen LogP contribution in [0.25, 0.3) is 22.2 Å². The van der Waals surface area contributed by atoms with Gasteiger partial charge in [0.2, 0.25) is 0 Å². The van der Waals surface area contributed by atoms with Crippen molar-refractivity contribution in [3.8, 4) is 17.0 Å². The van der Waals surface area contributed by atoms with Crippen LogP contribution in [0, 0.1) is 5.92 Å². The molecule has 1 saturated heterocycles. The smallest absolute Gasteiger partial charge is 0.251 e. The molecular weight excluding hydrogens is 492 g/mol. The van der Waals surface area contributed by atoms with E-state index in [4.69, 9.17) is 16.3 Å². The minimum atomic E-state index is -0.0905. The van der Waals surface area contributed by atoms with Crippen molar-refractivity contribution in [2.45, 2.75) is 37.8 Å². The van der Waals surface area contributed by atoms with E-state index in [-0.39, 0.29) is 18.1 Å². The van der Waals surface area contributed by atoms with Crippen molar-refractivity contribution in [3.05, 3.63) is 69.4 Å². The normalized spacial score (nSPS) is 17.8. The molecule has 2 aromatic heterocycles. The lowest BCUT2D eigenvalue weighted by molar-refractivity contribution is 0.0932. The van der Waals surface area contributed by atoms with E-state index >= 15 is 0 Å². The van der Waals surface area contributed by atoms with Crippen molar-refractivity contribution in [1.29, 1.82) is 0 Å². The first kappa shape index (κ1) is 23.5. The van der Waals surface area contributed by atoms with Crippen LogP contribution in [0.1, 0.15) is 47.0 Å². The molecule has 2 aromatic carbocycles. The van der Waals surface area contributed by atoms with Gasteiger partial charge in [0.05, 0.1) is 22.3 Å². The Balaban J connectivity index is 1.20. The Labute approximate surface area is 219 Å². The molecule has 1 aliphatic heterocycles. The maximum Gasteiger partial charge on any atom is 0.251 e. The molecule has 36 heavy (non-hydrogen) atoms. The summed E-state index contributed by atoms with van der Waals surface area (Å²) >= 11 is 8.00. The summed E-state index contributed by atoms with van der Waals surface area (Å²) in [7, 11) is 2.15. The molecule has 1 atom stereocenters. The van der Waals surface area contributed by atoms with Gasteiger partial charge in [-0.25, -0.2) is 0 Å². The molecule has 6 rings (SSSR count). The van der Waals surface area contributed by atoms with Gasteiger partial charge in [-0.3, -0.25) is 9.89 Å². The van der Waals surface area contributed by atoms with Gasteiger partial charge in [0.15, 0.2) is 0 Å². The third-order valence-electron chi connectivity index (χ3n) is 7.23. The summed E-state index contributed by atoms with van der Waals surface area (Å²) in [6, 6.07) is 15.6. The van der Waals surface area contributed by atoms with Gasteiger partial charge < -0.3 is 15.0 Å². The largest absolute Gasteiger partial charge is 0.490 e. The lowest BCUT2D eigenvalue weighted by Gasteiger charge is -2.29. The van der Waals surface area contributed by atoms with Gasteiger partial charge in [-0.1, -0.05) is 11.6 Å². The Hall–Kier alpha value is -2.87. The van der Waals surface area contributed by atoms with E-state index < -0.39 is 0 Å². The van der Waals surface area contributed by atoms with Crippen LogP contribution in [-0.2, 0) is 0 Å². The fourth-order valence-electron chi connectivity index (χ4n) is 4.94.